The number of methoxy groups -OCH3 is 1. The number of benzene rings is 2. The molecule has 0 saturated carbocycles. The van der Waals surface area contributed by atoms with E-state index in [0.29, 0.717) is 23.9 Å². The number of halogens is 1. The van der Waals surface area contributed by atoms with E-state index in [9.17, 15) is 4.39 Å². The third-order valence-corrected chi connectivity index (χ3v) is 3.46. The van der Waals surface area contributed by atoms with Crippen LogP contribution in [0.1, 0.15) is 5.56 Å². The summed E-state index contributed by atoms with van der Waals surface area (Å²) in [5.74, 6) is 1.62. The van der Waals surface area contributed by atoms with E-state index in [1.807, 2.05) is 24.3 Å². The first-order chi connectivity index (χ1) is 11.8. The largest absolute Gasteiger partial charge is 0.496 e. The van der Waals surface area contributed by atoms with Gasteiger partial charge in [-0.05, 0) is 18.2 Å². The smallest absolute Gasteiger partial charge is 0.146 e. The molecule has 122 valence electrons. The van der Waals surface area contributed by atoms with Crippen LogP contribution in [0.3, 0.4) is 0 Å². The van der Waals surface area contributed by atoms with Crippen molar-refractivity contribution in [3.8, 4) is 5.75 Å². The van der Waals surface area contributed by atoms with Crippen LogP contribution in [0, 0.1) is 5.82 Å². The summed E-state index contributed by atoms with van der Waals surface area (Å²) in [7, 11) is 1.64. The van der Waals surface area contributed by atoms with Crippen molar-refractivity contribution in [2.24, 2.45) is 0 Å². The van der Waals surface area contributed by atoms with Crippen molar-refractivity contribution in [3.05, 3.63) is 72.3 Å². The Balaban J connectivity index is 1.70. The minimum atomic E-state index is -0.334. The monoisotopic (exact) mass is 324 g/mol. The van der Waals surface area contributed by atoms with Crippen molar-refractivity contribution < 1.29 is 9.13 Å². The summed E-state index contributed by atoms with van der Waals surface area (Å²) < 4.78 is 19.0. The highest BCUT2D eigenvalue weighted by molar-refractivity contribution is 5.59. The third kappa shape index (κ3) is 3.78. The Morgan fingerprint density at radius 2 is 1.75 bits per heavy atom. The van der Waals surface area contributed by atoms with Crippen LogP contribution in [0.2, 0.25) is 0 Å². The molecule has 0 aliphatic rings. The summed E-state index contributed by atoms with van der Waals surface area (Å²) in [6.07, 6.45) is 1.42. The lowest BCUT2D eigenvalue weighted by atomic mass is 10.2. The first-order valence-electron chi connectivity index (χ1n) is 7.45. The van der Waals surface area contributed by atoms with Gasteiger partial charge in [0.15, 0.2) is 0 Å². The topological polar surface area (TPSA) is 59.1 Å². The van der Waals surface area contributed by atoms with Crippen molar-refractivity contribution in [1.29, 1.82) is 0 Å². The van der Waals surface area contributed by atoms with Crippen LogP contribution in [-0.2, 0) is 6.54 Å². The second kappa shape index (κ2) is 7.41. The molecule has 0 saturated heterocycles. The van der Waals surface area contributed by atoms with Crippen LogP contribution >= 0.6 is 0 Å². The van der Waals surface area contributed by atoms with Crippen LogP contribution in [-0.4, -0.2) is 17.1 Å². The molecule has 0 radical (unpaired) electrons. The molecule has 2 N–H and O–H groups in total. The molecule has 24 heavy (non-hydrogen) atoms. The number of hydrogen-bond donors (Lipinski definition) is 2. The molecule has 0 amide bonds. The van der Waals surface area contributed by atoms with E-state index in [1.54, 1.807) is 31.4 Å². The average Bonchev–Trinajstić information content (AvgIpc) is 2.62. The fourth-order valence-electron chi connectivity index (χ4n) is 2.26. The molecule has 6 heteroatoms. The lowest BCUT2D eigenvalue weighted by Gasteiger charge is -2.11. The van der Waals surface area contributed by atoms with Crippen molar-refractivity contribution in [2.45, 2.75) is 6.54 Å². The maximum Gasteiger partial charge on any atom is 0.146 e. The molecule has 2 aromatic carbocycles. The van der Waals surface area contributed by atoms with Gasteiger partial charge < -0.3 is 15.4 Å². The van der Waals surface area contributed by atoms with Gasteiger partial charge in [-0.15, -0.1) is 0 Å². The van der Waals surface area contributed by atoms with Gasteiger partial charge in [-0.3, -0.25) is 0 Å². The van der Waals surface area contributed by atoms with Gasteiger partial charge in [-0.25, -0.2) is 14.4 Å². The standard InChI is InChI=1S/C18H17FN4O/c1-24-16-9-5-2-6-13(16)11-20-17-10-18(22-12-21-17)23-15-8-4-3-7-14(15)19/h2-10,12H,11H2,1H3,(H2,20,21,22,23). The molecule has 3 rings (SSSR count). The highest BCUT2D eigenvalue weighted by atomic mass is 19.1. The first-order valence-corrected chi connectivity index (χ1v) is 7.45. The third-order valence-electron chi connectivity index (χ3n) is 3.46. The zero-order valence-electron chi connectivity index (χ0n) is 13.2. The minimum absolute atomic E-state index is 0.334. The molecule has 1 aromatic heterocycles. The molecule has 0 fully saturated rings. The Labute approximate surface area is 139 Å². The zero-order valence-corrected chi connectivity index (χ0v) is 13.2. The van der Waals surface area contributed by atoms with Gasteiger partial charge in [0.1, 0.15) is 29.5 Å². The van der Waals surface area contributed by atoms with Crippen LogP contribution in [0.4, 0.5) is 21.7 Å². The summed E-state index contributed by atoms with van der Waals surface area (Å²) in [6.45, 7) is 0.556. The van der Waals surface area contributed by atoms with Crippen molar-refractivity contribution in [1.82, 2.24) is 9.97 Å². The highest BCUT2D eigenvalue weighted by Crippen LogP contribution is 2.21. The van der Waals surface area contributed by atoms with Crippen molar-refractivity contribution in [2.75, 3.05) is 17.7 Å². The Morgan fingerprint density at radius 3 is 2.58 bits per heavy atom. The summed E-state index contributed by atoms with van der Waals surface area (Å²) in [4.78, 5) is 8.29. The Hall–Kier alpha value is -3.15. The molecule has 3 aromatic rings. The normalized spacial score (nSPS) is 10.2. The molecule has 5 nitrogen and oxygen atoms in total. The van der Waals surface area contributed by atoms with Gasteiger partial charge in [0.25, 0.3) is 0 Å². The highest BCUT2D eigenvalue weighted by Gasteiger charge is 2.05. The molecule has 0 atom stereocenters. The van der Waals surface area contributed by atoms with Crippen LogP contribution < -0.4 is 15.4 Å². The lowest BCUT2D eigenvalue weighted by Crippen LogP contribution is -2.04. The molecule has 0 bridgehead atoms. The van der Waals surface area contributed by atoms with E-state index in [2.05, 4.69) is 20.6 Å². The molecular weight excluding hydrogens is 307 g/mol. The maximum atomic E-state index is 13.7. The van der Waals surface area contributed by atoms with Gasteiger partial charge in [0, 0.05) is 18.2 Å². The van der Waals surface area contributed by atoms with Crippen molar-refractivity contribution in [3.63, 3.8) is 0 Å². The van der Waals surface area contributed by atoms with Gasteiger partial charge in [0.2, 0.25) is 0 Å². The number of ether oxygens (including phenoxy) is 1. The molecule has 0 unspecified atom stereocenters. The number of nitrogens with zero attached hydrogens (tertiary/aromatic N) is 2. The second-order valence-corrected chi connectivity index (χ2v) is 5.06. The Kier molecular flexibility index (Phi) is 4.86. The van der Waals surface area contributed by atoms with Crippen molar-refractivity contribution >= 4 is 17.3 Å². The maximum absolute atomic E-state index is 13.7. The minimum Gasteiger partial charge on any atom is -0.496 e. The first kappa shape index (κ1) is 15.7. The van der Waals surface area contributed by atoms with E-state index in [0.717, 1.165) is 11.3 Å². The number of nitrogens with one attached hydrogen (secondary N) is 2. The molecule has 1 heterocycles. The lowest BCUT2D eigenvalue weighted by molar-refractivity contribution is 0.410. The van der Waals surface area contributed by atoms with E-state index < -0.39 is 0 Å². The van der Waals surface area contributed by atoms with Gasteiger partial charge >= 0.3 is 0 Å². The number of anilines is 3. The summed E-state index contributed by atoms with van der Waals surface area (Å²) in [5, 5.41) is 6.15. The number of hydrogen-bond acceptors (Lipinski definition) is 5. The van der Waals surface area contributed by atoms with E-state index in [-0.39, 0.29) is 5.82 Å². The fraction of sp³-hybridized carbons (Fsp3) is 0.111. The SMILES string of the molecule is COc1ccccc1CNc1cc(Nc2ccccc2F)ncn1. The fourth-order valence-corrected chi connectivity index (χ4v) is 2.26. The van der Waals surface area contributed by atoms with Crippen LogP contribution in [0.15, 0.2) is 60.9 Å². The zero-order chi connectivity index (χ0) is 16.8. The Morgan fingerprint density at radius 1 is 1.00 bits per heavy atom. The predicted molar refractivity (Wildman–Crippen MR) is 92.0 cm³/mol. The number of rotatable bonds is 6. The molecule has 0 aliphatic carbocycles. The van der Waals surface area contributed by atoms with E-state index in [4.69, 9.17) is 4.74 Å². The van der Waals surface area contributed by atoms with Crippen LogP contribution in [0.25, 0.3) is 0 Å². The van der Waals surface area contributed by atoms with E-state index in [1.165, 1.54) is 12.4 Å². The van der Waals surface area contributed by atoms with Gasteiger partial charge in [-0.2, -0.15) is 0 Å². The second-order valence-electron chi connectivity index (χ2n) is 5.06. The number of para-hydroxylation sites is 2. The Bertz CT molecular complexity index is 825. The summed E-state index contributed by atoms with van der Waals surface area (Å²) in [5.41, 5.74) is 1.38. The average molecular weight is 324 g/mol. The summed E-state index contributed by atoms with van der Waals surface area (Å²) in [6, 6.07) is 15.9. The predicted octanol–water partition coefficient (Wildman–Crippen LogP) is 3.98. The number of aromatic nitrogens is 2. The van der Waals surface area contributed by atoms with Gasteiger partial charge in [-0.1, -0.05) is 30.3 Å². The summed E-state index contributed by atoms with van der Waals surface area (Å²) >= 11 is 0. The quantitative estimate of drug-likeness (QED) is 0.718. The molecule has 0 spiro atoms. The van der Waals surface area contributed by atoms with Crippen LogP contribution in [0.5, 0.6) is 5.75 Å². The molecule has 0 aliphatic heterocycles. The van der Waals surface area contributed by atoms with E-state index >= 15 is 0 Å². The van der Waals surface area contributed by atoms with Gasteiger partial charge in [0.05, 0.1) is 12.8 Å². The molecular formula is C18H17FN4O.